The van der Waals surface area contributed by atoms with Crippen molar-refractivity contribution in [1.82, 2.24) is 4.31 Å². The van der Waals surface area contributed by atoms with Gasteiger partial charge in [0.25, 0.3) is 0 Å². The number of anilines is 1. The fourth-order valence-electron chi connectivity index (χ4n) is 2.19. The molecular weight excluding hydrogens is 267 g/mol. The quantitative estimate of drug-likeness (QED) is 0.844. The predicted octanol–water partition coefficient (Wildman–Crippen LogP) is 2.22. The van der Waals surface area contributed by atoms with Gasteiger partial charge in [-0.1, -0.05) is 13.3 Å². The van der Waals surface area contributed by atoms with Crippen LogP contribution in [-0.4, -0.2) is 25.8 Å². The van der Waals surface area contributed by atoms with Crippen LogP contribution in [0.3, 0.4) is 0 Å². The maximum atomic E-state index is 13.1. The number of benzene rings is 1. The largest absolute Gasteiger partial charge is 0.396 e. The van der Waals surface area contributed by atoms with Gasteiger partial charge in [0.1, 0.15) is 5.82 Å². The second-order valence-corrected chi connectivity index (χ2v) is 6.87. The summed E-state index contributed by atoms with van der Waals surface area (Å²) in [7, 11) is -3.58. The molecule has 0 atom stereocenters. The van der Waals surface area contributed by atoms with Crippen LogP contribution in [0.5, 0.6) is 0 Å². The summed E-state index contributed by atoms with van der Waals surface area (Å²) in [5, 5.41) is 0. The molecule has 106 valence electrons. The van der Waals surface area contributed by atoms with Gasteiger partial charge in [-0.3, -0.25) is 0 Å². The maximum Gasteiger partial charge on any atom is 0.243 e. The molecule has 0 amide bonds. The van der Waals surface area contributed by atoms with Crippen molar-refractivity contribution in [3.8, 4) is 0 Å². The van der Waals surface area contributed by atoms with Crippen LogP contribution >= 0.6 is 0 Å². The van der Waals surface area contributed by atoms with Crippen LogP contribution in [-0.2, 0) is 10.0 Å². The number of hydrogen-bond donors (Lipinski definition) is 1. The number of hydrogen-bond acceptors (Lipinski definition) is 3. The van der Waals surface area contributed by atoms with E-state index < -0.39 is 15.8 Å². The van der Waals surface area contributed by atoms with Crippen molar-refractivity contribution >= 4 is 15.7 Å². The maximum absolute atomic E-state index is 13.1. The molecule has 1 aromatic rings. The van der Waals surface area contributed by atoms with Gasteiger partial charge in [0, 0.05) is 13.1 Å². The molecule has 2 rings (SSSR count). The molecule has 1 aliphatic rings. The van der Waals surface area contributed by atoms with Gasteiger partial charge >= 0.3 is 0 Å². The summed E-state index contributed by atoms with van der Waals surface area (Å²) in [5.41, 5.74) is 5.30. The smallest absolute Gasteiger partial charge is 0.243 e. The highest BCUT2D eigenvalue weighted by atomic mass is 32.2. The standard InChI is InChI=1S/C13H19FN2O2S/c1-2-16(9-10-4-3-5-10)19(17,18)11-6-7-12(14)13(15)8-11/h6-8,10H,2-5,9,15H2,1H3. The Balaban J connectivity index is 2.25. The Kier molecular flexibility index (Phi) is 4.10. The summed E-state index contributed by atoms with van der Waals surface area (Å²) in [5.74, 6) is -0.145. The zero-order valence-corrected chi connectivity index (χ0v) is 11.8. The minimum absolute atomic E-state index is 0.0626. The number of rotatable bonds is 5. The molecule has 19 heavy (non-hydrogen) atoms. The van der Waals surface area contributed by atoms with Crippen molar-refractivity contribution in [1.29, 1.82) is 0 Å². The number of halogens is 1. The average molecular weight is 286 g/mol. The summed E-state index contributed by atoms with van der Waals surface area (Å²) < 4.78 is 39.5. The SMILES string of the molecule is CCN(CC1CCC1)S(=O)(=O)c1ccc(F)c(N)c1. The first-order valence-corrected chi connectivity index (χ1v) is 7.94. The molecule has 1 fully saturated rings. The Bertz CT molecular complexity index is 556. The number of sulfonamides is 1. The number of nitrogen functional groups attached to an aromatic ring is 1. The molecule has 0 spiro atoms. The van der Waals surface area contributed by atoms with Crippen molar-refractivity contribution in [2.45, 2.75) is 31.1 Å². The Hall–Kier alpha value is -1.14. The molecular formula is C13H19FN2O2S. The Morgan fingerprint density at radius 2 is 2.11 bits per heavy atom. The van der Waals surface area contributed by atoms with E-state index in [4.69, 9.17) is 5.73 Å². The van der Waals surface area contributed by atoms with E-state index in [2.05, 4.69) is 0 Å². The van der Waals surface area contributed by atoms with Gasteiger partial charge in [0.15, 0.2) is 0 Å². The molecule has 0 aliphatic heterocycles. The lowest BCUT2D eigenvalue weighted by atomic mass is 9.85. The van der Waals surface area contributed by atoms with Gasteiger partial charge in [-0.15, -0.1) is 0 Å². The highest BCUT2D eigenvalue weighted by molar-refractivity contribution is 7.89. The first kappa shape index (κ1) is 14.3. The third-order valence-corrected chi connectivity index (χ3v) is 5.58. The minimum Gasteiger partial charge on any atom is -0.396 e. The molecule has 2 N–H and O–H groups in total. The third kappa shape index (κ3) is 2.90. The monoisotopic (exact) mass is 286 g/mol. The summed E-state index contributed by atoms with van der Waals surface area (Å²) in [4.78, 5) is 0.0626. The lowest BCUT2D eigenvalue weighted by Gasteiger charge is -2.31. The van der Waals surface area contributed by atoms with Gasteiger partial charge in [0.2, 0.25) is 10.0 Å². The van der Waals surface area contributed by atoms with E-state index in [-0.39, 0.29) is 10.6 Å². The fourth-order valence-corrected chi connectivity index (χ4v) is 3.75. The summed E-state index contributed by atoms with van der Waals surface area (Å²) in [6.07, 6.45) is 3.33. The van der Waals surface area contributed by atoms with Crippen molar-refractivity contribution in [2.75, 3.05) is 18.8 Å². The van der Waals surface area contributed by atoms with Gasteiger partial charge in [-0.05, 0) is 37.0 Å². The van der Waals surface area contributed by atoms with Gasteiger partial charge < -0.3 is 5.73 Å². The molecule has 4 nitrogen and oxygen atoms in total. The molecule has 0 saturated heterocycles. The molecule has 1 aliphatic carbocycles. The Morgan fingerprint density at radius 3 is 2.58 bits per heavy atom. The first-order chi connectivity index (χ1) is 8.95. The van der Waals surface area contributed by atoms with Gasteiger partial charge in [-0.25, -0.2) is 12.8 Å². The van der Waals surface area contributed by atoms with Crippen molar-refractivity contribution in [2.24, 2.45) is 5.92 Å². The van der Waals surface area contributed by atoms with E-state index in [0.29, 0.717) is 19.0 Å². The molecule has 0 unspecified atom stereocenters. The van der Waals surface area contributed by atoms with E-state index >= 15 is 0 Å². The summed E-state index contributed by atoms with van der Waals surface area (Å²) in [6, 6.07) is 3.55. The second-order valence-electron chi connectivity index (χ2n) is 4.94. The zero-order valence-electron chi connectivity index (χ0n) is 11.0. The fraction of sp³-hybridized carbons (Fsp3) is 0.538. The molecule has 0 heterocycles. The topological polar surface area (TPSA) is 63.4 Å². The molecule has 0 bridgehead atoms. The van der Waals surface area contributed by atoms with Gasteiger partial charge in [-0.2, -0.15) is 4.31 Å². The molecule has 0 aromatic heterocycles. The molecule has 1 aromatic carbocycles. The average Bonchev–Trinajstić information content (AvgIpc) is 2.31. The number of nitrogens with two attached hydrogens (primary N) is 1. The summed E-state index contributed by atoms with van der Waals surface area (Å²) in [6.45, 7) is 2.76. The van der Waals surface area contributed by atoms with Crippen LogP contribution in [0.1, 0.15) is 26.2 Å². The lowest BCUT2D eigenvalue weighted by Crippen LogP contribution is -2.37. The lowest BCUT2D eigenvalue weighted by molar-refractivity contribution is 0.250. The van der Waals surface area contributed by atoms with Crippen LogP contribution < -0.4 is 5.73 Å². The van der Waals surface area contributed by atoms with Crippen LogP contribution in [0.2, 0.25) is 0 Å². The summed E-state index contributed by atoms with van der Waals surface area (Å²) >= 11 is 0. The van der Waals surface area contributed by atoms with Crippen molar-refractivity contribution < 1.29 is 12.8 Å². The van der Waals surface area contributed by atoms with Crippen LogP contribution in [0.4, 0.5) is 10.1 Å². The Labute approximate surface area is 113 Å². The molecule has 6 heteroatoms. The highest BCUT2D eigenvalue weighted by Gasteiger charge is 2.28. The van der Waals surface area contributed by atoms with Crippen molar-refractivity contribution in [3.05, 3.63) is 24.0 Å². The van der Waals surface area contributed by atoms with Gasteiger partial charge in [0.05, 0.1) is 10.6 Å². The molecule has 1 saturated carbocycles. The zero-order chi connectivity index (χ0) is 14.0. The van der Waals surface area contributed by atoms with E-state index in [0.717, 1.165) is 18.9 Å². The highest BCUT2D eigenvalue weighted by Crippen LogP contribution is 2.29. The first-order valence-electron chi connectivity index (χ1n) is 6.50. The van der Waals surface area contributed by atoms with Crippen molar-refractivity contribution in [3.63, 3.8) is 0 Å². The number of nitrogens with zero attached hydrogens (tertiary/aromatic N) is 1. The van der Waals surface area contributed by atoms with Crippen LogP contribution in [0, 0.1) is 11.7 Å². The Morgan fingerprint density at radius 1 is 1.42 bits per heavy atom. The second kappa shape index (κ2) is 5.46. The minimum atomic E-state index is -3.58. The predicted molar refractivity (Wildman–Crippen MR) is 72.6 cm³/mol. The third-order valence-electron chi connectivity index (χ3n) is 3.64. The molecule has 0 radical (unpaired) electrons. The van der Waals surface area contributed by atoms with E-state index in [9.17, 15) is 12.8 Å². The van der Waals surface area contributed by atoms with E-state index in [1.165, 1.54) is 22.9 Å². The van der Waals surface area contributed by atoms with Crippen LogP contribution in [0.15, 0.2) is 23.1 Å². The van der Waals surface area contributed by atoms with Crippen LogP contribution in [0.25, 0.3) is 0 Å². The normalized spacial score (nSPS) is 16.6. The van der Waals surface area contributed by atoms with E-state index in [1.807, 2.05) is 6.92 Å². The van der Waals surface area contributed by atoms with E-state index in [1.54, 1.807) is 0 Å².